The van der Waals surface area contributed by atoms with E-state index in [4.69, 9.17) is 0 Å². The van der Waals surface area contributed by atoms with Crippen LogP contribution in [0, 0.1) is 0 Å². The summed E-state index contributed by atoms with van der Waals surface area (Å²) in [4.78, 5) is 11.0. The molecule has 0 aliphatic carbocycles. The summed E-state index contributed by atoms with van der Waals surface area (Å²) < 4.78 is 5.81. The van der Waals surface area contributed by atoms with Crippen molar-refractivity contribution in [1.82, 2.24) is 9.78 Å². The third-order valence-electron chi connectivity index (χ3n) is 1.60. The highest BCUT2D eigenvalue weighted by molar-refractivity contribution is 6.10. The van der Waals surface area contributed by atoms with E-state index in [0.29, 0.717) is 0 Å². The summed E-state index contributed by atoms with van der Waals surface area (Å²) in [5.74, 6) is -0.566. The largest absolute Gasteiger partial charge is 0.493 e. The van der Waals surface area contributed by atoms with Gasteiger partial charge in [-0.1, -0.05) is 6.92 Å². The molecular formula is C7H11BN2O3. The fourth-order valence-corrected chi connectivity index (χ4v) is 0.969. The molecule has 0 saturated carbocycles. The van der Waals surface area contributed by atoms with Crippen molar-refractivity contribution in [3.63, 3.8) is 0 Å². The van der Waals surface area contributed by atoms with E-state index in [0.717, 1.165) is 0 Å². The molecule has 0 bridgehead atoms. The quantitative estimate of drug-likeness (QED) is 0.495. The molecule has 0 amide bonds. The molecule has 1 aromatic rings. The topological polar surface area (TPSA) is 64.4 Å². The van der Waals surface area contributed by atoms with Crippen LogP contribution in [0.2, 0.25) is 0 Å². The highest BCUT2D eigenvalue weighted by Gasteiger charge is 2.15. The molecule has 0 fully saturated rings. The maximum Gasteiger partial charge on any atom is 0.358 e. The first-order valence-corrected chi connectivity index (χ1v) is 3.93. The van der Waals surface area contributed by atoms with Crippen molar-refractivity contribution in [2.45, 2.75) is 12.9 Å². The lowest BCUT2D eigenvalue weighted by molar-refractivity contribution is 0.0593. The first-order valence-electron chi connectivity index (χ1n) is 3.93. The SMILES string of the molecule is BC(C)n1nc(C(=O)OC)cc1O. The first-order chi connectivity index (χ1) is 6.06. The Balaban J connectivity index is 3.02. The molecule has 0 aliphatic heterocycles. The molecule has 70 valence electrons. The van der Waals surface area contributed by atoms with Gasteiger partial charge in [0.2, 0.25) is 5.88 Å². The van der Waals surface area contributed by atoms with Gasteiger partial charge in [-0.3, -0.25) is 0 Å². The van der Waals surface area contributed by atoms with Crippen LogP contribution in [0.25, 0.3) is 0 Å². The fourth-order valence-electron chi connectivity index (χ4n) is 0.969. The van der Waals surface area contributed by atoms with Crippen LogP contribution in [0.5, 0.6) is 5.88 Å². The molecule has 1 N–H and O–H groups in total. The monoisotopic (exact) mass is 182 g/mol. The number of rotatable bonds is 2. The van der Waals surface area contributed by atoms with E-state index in [1.54, 1.807) is 0 Å². The van der Waals surface area contributed by atoms with E-state index in [-0.39, 0.29) is 17.5 Å². The second kappa shape index (κ2) is 3.51. The van der Waals surface area contributed by atoms with Crippen LogP contribution < -0.4 is 0 Å². The molecule has 1 unspecified atom stereocenters. The molecule has 0 saturated heterocycles. The van der Waals surface area contributed by atoms with Gasteiger partial charge in [0.15, 0.2) is 5.69 Å². The van der Waals surface area contributed by atoms with Crippen LogP contribution in [-0.4, -0.2) is 35.8 Å². The highest BCUT2D eigenvalue weighted by Crippen LogP contribution is 2.15. The van der Waals surface area contributed by atoms with Crippen LogP contribution in [0.4, 0.5) is 0 Å². The Morgan fingerprint density at radius 1 is 1.85 bits per heavy atom. The van der Waals surface area contributed by atoms with Crippen molar-refractivity contribution in [1.29, 1.82) is 0 Å². The minimum atomic E-state index is -0.547. The highest BCUT2D eigenvalue weighted by atomic mass is 16.5. The third kappa shape index (κ3) is 1.82. The van der Waals surface area contributed by atoms with Crippen molar-refractivity contribution >= 4 is 13.8 Å². The molecule has 1 rings (SSSR count). The van der Waals surface area contributed by atoms with E-state index in [9.17, 15) is 9.90 Å². The summed E-state index contributed by atoms with van der Waals surface area (Å²) in [5.41, 5.74) is 0.119. The number of aromatic nitrogens is 2. The van der Waals surface area contributed by atoms with E-state index >= 15 is 0 Å². The van der Waals surface area contributed by atoms with E-state index < -0.39 is 5.97 Å². The summed E-state index contributed by atoms with van der Waals surface area (Å²) in [6.45, 7) is 1.85. The van der Waals surface area contributed by atoms with Gasteiger partial charge in [0.1, 0.15) is 7.85 Å². The number of methoxy groups -OCH3 is 1. The molecule has 6 heteroatoms. The maximum absolute atomic E-state index is 11.0. The molecule has 0 radical (unpaired) electrons. The van der Waals surface area contributed by atoms with Crippen LogP contribution in [-0.2, 0) is 4.74 Å². The lowest BCUT2D eigenvalue weighted by Crippen LogP contribution is -2.08. The number of carbonyl (C=O) groups is 1. The van der Waals surface area contributed by atoms with E-state index in [1.165, 1.54) is 17.9 Å². The Bertz CT molecular complexity index is 322. The number of ether oxygens (including phenoxy) is 1. The molecule has 1 aromatic heterocycles. The standard InChI is InChI=1S/C7H11BN2O3/c1-4(8)10-6(11)3-5(9-10)7(12)13-2/h3-4,11H,8H2,1-2H3. The van der Waals surface area contributed by atoms with Crippen molar-refractivity contribution in [3.05, 3.63) is 11.8 Å². The van der Waals surface area contributed by atoms with Crippen LogP contribution in [0.15, 0.2) is 6.07 Å². The van der Waals surface area contributed by atoms with Gasteiger partial charge in [-0.2, -0.15) is 5.10 Å². The Labute approximate surface area is 76.7 Å². The normalized spacial score (nSPS) is 12.5. The molecular weight excluding hydrogens is 171 g/mol. The van der Waals surface area contributed by atoms with Gasteiger partial charge in [-0.15, -0.1) is 0 Å². The first kappa shape index (κ1) is 9.63. The number of aromatic hydroxyl groups is 1. The predicted octanol–water partition coefficient (Wildman–Crippen LogP) is -0.473. The third-order valence-corrected chi connectivity index (χ3v) is 1.60. The zero-order chi connectivity index (χ0) is 10.0. The van der Waals surface area contributed by atoms with Crippen LogP contribution >= 0.6 is 0 Å². The number of carbonyl (C=O) groups excluding carboxylic acids is 1. The molecule has 5 nitrogen and oxygen atoms in total. The Morgan fingerprint density at radius 3 is 2.85 bits per heavy atom. The van der Waals surface area contributed by atoms with E-state index in [2.05, 4.69) is 9.84 Å². The lowest BCUT2D eigenvalue weighted by Gasteiger charge is -2.05. The Morgan fingerprint density at radius 2 is 2.46 bits per heavy atom. The second-order valence-corrected chi connectivity index (χ2v) is 2.92. The second-order valence-electron chi connectivity index (χ2n) is 2.92. The van der Waals surface area contributed by atoms with Gasteiger partial charge in [0, 0.05) is 12.0 Å². The zero-order valence-corrected chi connectivity index (χ0v) is 7.81. The summed E-state index contributed by atoms with van der Waals surface area (Å²) in [5, 5.41) is 13.2. The number of esters is 1. The van der Waals surface area contributed by atoms with Gasteiger partial charge in [0.25, 0.3) is 0 Å². The van der Waals surface area contributed by atoms with Gasteiger partial charge < -0.3 is 9.84 Å². The number of hydrogen-bond donors (Lipinski definition) is 1. The van der Waals surface area contributed by atoms with Crippen molar-refractivity contribution < 1.29 is 14.6 Å². The van der Waals surface area contributed by atoms with Gasteiger partial charge in [-0.25, -0.2) is 9.48 Å². The molecule has 0 spiro atoms. The Kier molecular flexibility index (Phi) is 2.60. The number of nitrogens with zero attached hydrogens (tertiary/aromatic N) is 2. The summed E-state index contributed by atoms with van der Waals surface area (Å²) in [6.07, 6.45) is 0. The fraction of sp³-hybridized carbons (Fsp3) is 0.429. The zero-order valence-electron chi connectivity index (χ0n) is 7.81. The smallest absolute Gasteiger partial charge is 0.358 e. The summed E-state index contributed by atoms with van der Waals surface area (Å²) >= 11 is 0. The van der Waals surface area contributed by atoms with Gasteiger partial charge in [-0.05, 0) is 0 Å². The van der Waals surface area contributed by atoms with Crippen LogP contribution in [0.3, 0.4) is 0 Å². The molecule has 1 heterocycles. The molecule has 13 heavy (non-hydrogen) atoms. The average Bonchev–Trinajstić information content (AvgIpc) is 2.46. The van der Waals surface area contributed by atoms with Crippen molar-refractivity contribution in [2.24, 2.45) is 0 Å². The van der Waals surface area contributed by atoms with Crippen molar-refractivity contribution in [3.8, 4) is 5.88 Å². The average molecular weight is 182 g/mol. The minimum Gasteiger partial charge on any atom is -0.493 e. The molecule has 0 aromatic carbocycles. The minimum absolute atomic E-state index is 0.0124. The number of hydrogen-bond acceptors (Lipinski definition) is 4. The lowest BCUT2D eigenvalue weighted by atomic mass is 10.00. The van der Waals surface area contributed by atoms with Gasteiger partial charge >= 0.3 is 5.97 Å². The molecule has 1 atom stereocenters. The van der Waals surface area contributed by atoms with Gasteiger partial charge in [0.05, 0.1) is 7.11 Å². The van der Waals surface area contributed by atoms with Crippen molar-refractivity contribution in [2.75, 3.05) is 7.11 Å². The summed E-state index contributed by atoms with van der Waals surface area (Å²) in [7, 11) is 3.13. The predicted molar refractivity (Wildman–Crippen MR) is 48.5 cm³/mol. The summed E-state index contributed by atoms with van der Waals surface area (Å²) in [6, 6.07) is 1.28. The molecule has 0 aliphatic rings. The maximum atomic E-state index is 11.0. The van der Waals surface area contributed by atoms with E-state index in [1.807, 2.05) is 14.8 Å². The Hall–Kier alpha value is -1.46. The van der Waals surface area contributed by atoms with Crippen LogP contribution in [0.1, 0.15) is 23.4 Å².